The molecule has 0 radical (unpaired) electrons. The van der Waals surface area contributed by atoms with E-state index in [-0.39, 0.29) is 18.2 Å². The quantitative estimate of drug-likeness (QED) is 0.688. The molecule has 9 heteroatoms. The topological polar surface area (TPSA) is 97.3 Å². The Morgan fingerprint density at radius 2 is 1.93 bits per heavy atom. The second kappa shape index (κ2) is 9.13. The third kappa shape index (κ3) is 5.38. The number of nitrogens with one attached hydrogen (secondary N) is 1. The van der Waals surface area contributed by atoms with Crippen molar-refractivity contribution in [3.05, 3.63) is 47.7 Å². The second-order valence-electron chi connectivity index (χ2n) is 6.50. The molecule has 0 bridgehead atoms. The van der Waals surface area contributed by atoms with Gasteiger partial charge < -0.3 is 19.7 Å². The number of nitrogens with zero attached hydrogens (tertiary/aromatic N) is 2. The molecule has 0 aliphatic carbocycles. The first-order chi connectivity index (χ1) is 13.9. The van der Waals surface area contributed by atoms with E-state index in [9.17, 15) is 13.2 Å². The van der Waals surface area contributed by atoms with Gasteiger partial charge in [0.1, 0.15) is 5.84 Å². The molecule has 29 heavy (non-hydrogen) atoms. The Morgan fingerprint density at radius 3 is 2.69 bits per heavy atom. The molecule has 0 spiro atoms. The van der Waals surface area contributed by atoms with E-state index in [1.807, 2.05) is 32.0 Å². The predicted molar refractivity (Wildman–Crippen MR) is 111 cm³/mol. The molecule has 0 atom stereocenters. The lowest BCUT2D eigenvalue weighted by atomic mass is 10.1. The molecule has 0 saturated carbocycles. The smallest absolute Gasteiger partial charge is 0.256 e. The maximum absolute atomic E-state index is 12.4. The molecular formula is C20H25N3O5S. The molecule has 1 N–H and O–H groups in total. The maximum Gasteiger partial charge on any atom is 0.256 e. The van der Waals surface area contributed by atoms with Gasteiger partial charge >= 0.3 is 0 Å². The Balaban J connectivity index is 1.57. The number of hydrogen-bond acceptors (Lipinski definition) is 6. The van der Waals surface area contributed by atoms with Gasteiger partial charge in [-0.15, -0.1) is 4.40 Å². The molecular weight excluding hydrogens is 394 g/mol. The first-order valence-electron chi connectivity index (χ1n) is 9.57. The summed E-state index contributed by atoms with van der Waals surface area (Å²) in [4.78, 5) is 14.1. The molecule has 8 nitrogen and oxygen atoms in total. The summed E-state index contributed by atoms with van der Waals surface area (Å²) >= 11 is 0. The fourth-order valence-electron chi connectivity index (χ4n) is 3.01. The van der Waals surface area contributed by atoms with Crippen LogP contribution in [0.2, 0.25) is 0 Å². The average molecular weight is 420 g/mol. The van der Waals surface area contributed by atoms with Crippen LogP contribution in [0.4, 0.5) is 0 Å². The van der Waals surface area contributed by atoms with Gasteiger partial charge in [0.25, 0.3) is 15.9 Å². The fraction of sp³-hybridized carbons (Fsp3) is 0.400. The molecule has 0 saturated heterocycles. The fourth-order valence-corrected chi connectivity index (χ4v) is 3.98. The molecule has 0 aromatic heterocycles. The highest BCUT2D eigenvalue weighted by Gasteiger charge is 2.24. The van der Waals surface area contributed by atoms with Crippen molar-refractivity contribution in [2.24, 2.45) is 4.40 Å². The van der Waals surface area contributed by atoms with Gasteiger partial charge in [0.2, 0.25) is 0 Å². The first-order valence-corrected chi connectivity index (χ1v) is 11.2. The van der Waals surface area contributed by atoms with E-state index in [0.29, 0.717) is 49.1 Å². The minimum Gasteiger partial charge on any atom is -0.490 e. The average Bonchev–Trinajstić information content (AvgIpc) is 2.69. The van der Waals surface area contributed by atoms with Crippen LogP contribution in [-0.4, -0.2) is 57.1 Å². The van der Waals surface area contributed by atoms with E-state index < -0.39 is 10.0 Å². The Hall–Kier alpha value is -2.81. The number of hydrogen-bond donors (Lipinski definition) is 1. The summed E-state index contributed by atoms with van der Waals surface area (Å²) in [6.45, 7) is 5.69. The molecule has 2 heterocycles. The lowest BCUT2D eigenvalue weighted by Gasteiger charge is -2.26. The SMILES string of the molecule is CCOc1ccc(CCNC(=O)C2=CN3CCS(=O)(=O)N=C3C=C2)cc1OCC. The zero-order chi connectivity index (χ0) is 20.9. The third-order valence-corrected chi connectivity index (χ3v) is 5.56. The summed E-state index contributed by atoms with van der Waals surface area (Å²) in [5, 5.41) is 2.89. The van der Waals surface area contributed by atoms with Gasteiger partial charge in [0, 0.05) is 19.3 Å². The van der Waals surface area contributed by atoms with E-state index >= 15 is 0 Å². The summed E-state index contributed by atoms with van der Waals surface area (Å²) in [6.07, 6.45) is 5.40. The standard InChI is InChI=1S/C20H25N3O5S/c1-3-27-17-7-5-15(13-18(17)28-4-2)9-10-21-20(24)16-6-8-19-22-29(25,26)12-11-23(19)14-16/h5-8,13-14H,3-4,9-12H2,1-2H3,(H,21,24). The van der Waals surface area contributed by atoms with E-state index in [1.54, 1.807) is 23.3 Å². The van der Waals surface area contributed by atoms with E-state index in [2.05, 4.69) is 9.71 Å². The molecule has 0 fully saturated rings. The van der Waals surface area contributed by atoms with E-state index in [1.165, 1.54) is 0 Å². The Labute approximate surface area is 171 Å². The molecule has 3 rings (SSSR count). The minimum absolute atomic E-state index is 0.0599. The van der Waals surface area contributed by atoms with Crippen molar-refractivity contribution in [1.82, 2.24) is 10.2 Å². The number of sulfonamides is 1. The number of ether oxygens (including phenoxy) is 2. The van der Waals surface area contributed by atoms with Crippen molar-refractivity contribution < 1.29 is 22.7 Å². The van der Waals surface area contributed by atoms with Crippen LogP contribution in [0.15, 0.2) is 46.5 Å². The van der Waals surface area contributed by atoms with Crippen molar-refractivity contribution >= 4 is 21.8 Å². The Kier molecular flexibility index (Phi) is 6.58. The number of fused-ring (bicyclic) bond motifs is 1. The molecule has 156 valence electrons. The largest absolute Gasteiger partial charge is 0.490 e. The first kappa shape index (κ1) is 20.9. The highest BCUT2D eigenvalue weighted by molar-refractivity contribution is 7.90. The lowest BCUT2D eigenvalue weighted by molar-refractivity contribution is -0.117. The van der Waals surface area contributed by atoms with Crippen LogP contribution in [0.5, 0.6) is 11.5 Å². The summed E-state index contributed by atoms with van der Waals surface area (Å²) in [5.74, 6) is 1.47. The molecule has 1 aromatic rings. The van der Waals surface area contributed by atoms with Crippen molar-refractivity contribution in [3.8, 4) is 11.5 Å². The van der Waals surface area contributed by atoms with Gasteiger partial charge in [0.15, 0.2) is 11.5 Å². The normalized spacial score (nSPS) is 17.1. The zero-order valence-electron chi connectivity index (χ0n) is 16.6. The molecule has 1 amide bonds. The van der Waals surface area contributed by atoms with Gasteiger partial charge in [-0.2, -0.15) is 0 Å². The number of amidine groups is 1. The van der Waals surface area contributed by atoms with E-state index in [0.717, 1.165) is 5.56 Å². The van der Waals surface area contributed by atoms with Crippen molar-refractivity contribution in [2.75, 3.05) is 32.1 Å². The van der Waals surface area contributed by atoms with Crippen LogP contribution in [-0.2, 0) is 21.2 Å². The summed E-state index contributed by atoms with van der Waals surface area (Å²) in [7, 11) is -3.40. The minimum atomic E-state index is -3.40. The number of carbonyl (C=O) groups is 1. The highest BCUT2D eigenvalue weighted by atomic mass is 32.2. The monoisotopic (exact) mass is 419 g/mol. The summed E-state index contributed by atoms with van der Waals surface area (Å²) in [5.41, 5.74) is 1.49. The van der Waals surface area contributed by atoms with Gasteiger partial charge in [-0.25, -0.2) is 8.42 Å². The van der Waals surface area contributed by atoms with Crippen LogP contribution >= 0.6 is 0 Å². The second-order valence-corrected chi connectivity index (χ2v) is 8.25. The molecule has 1 aromatic carbocycles. The number of rotatable bonds is 8. The van der Waals surface area contributed by atoms with E-state index in [4.69, 9.17) is 9.47 Å². The highest BCUT2D eigenvalue weighted by Crippen LogP contribution is 2.28. The van der Waals surface area contributed by atoms with Crippen LogP contribution in [0.3, 0.4) is 0 Å². The number of benzene rings is 1. The predicted octanol–water partition coefficient (Wildman–Crippen LogP) is 1.64. The van der Waals surface area contributed by atoms with Gasteiger partial charge in [-0.3, -0.25) is 4.79 Å². The number of carbonyl (C=O) groups excluding carboxylic acids is 1. The Bertz CT molecular complexity index is 966. The van der Waals surface area contributed by atoms with Gasteiger partial charge in [-0.05, 0) is 50.1 Å². The van der Waals surface area contributed by atoms with Crippen molar-refractivity contribution in [3.63, 3.8) is 0 Å². The van der Waals surface area contributed by atoms with Crippen molar-refractivity contribution in [2.45, 2.75) is 20.3 Å². The summed E-state index contributed by atoms with van der Waals surface area (Å²) < 4.78 is 38.0. The number of amides is 1. The van der Waals surface area contributed by atoms with Crippen LogP contribution < -0.4 is 14.8 Å². The van der Waals surface area contributed by atoms with Crippen molar-refractivity contribution in [1.29, 1.82) is 0 Å². The molecule has 2 aliphatic heterocycles. The Morgan fingerprint density at radius 1 is 1.17 bits per heavy atom. The van der Waals surface area contributed by atoms with Crippen LogP contribution in [0, 0.1) is 0 Å². The van der Waals surface area contributed by atoms with Gasteiger partial charge in [0.05, 0.1) is 24.5 Å². The maximum atomic E-state index is 12.4. The van der Waals surface area contributed by atoms with Crippen LogP contribution in [0.1, 0.15) is 19.4 Å². The molecule has 2 aliphatic rings. The van der Waals surface area contributed by atoms with Crippen LogP contribution in [0.25, 0.3) is 0 Å². The third-order valence-electron chi connectivity index (χ3n) is 4.39. The lowest BCUT2D eigenvalue weighted by Crippen LogP contribution is -2.38. The zero-order valence-corrected chi connectivity index (χ0v) is 17.4. The summed E-state index contributed by atoms with van der Waals surface area (Å²) in [6, 6.07) is 5.76. The molecule has 0 unspecified atom stereocenters. The van der Waals surface area contributed by atoms with Gasteiger partial charge in [-0.1, -0.05) is 6.07 Å².